The van der Waals surface area contributed by atoms with Gasteiger partial charge in [0.05, 0.1) is 15.5 Å². The van der Waals surface area contributed by atoms with Crippen LogP contribution in [0.1, 0.15) is 22.2 Å². The zero-order valence-corrected chi connectivity index (χ0v) is 11.4. The van der Waals surface area contributed by atoms with Crippen LogP contribution in [0.3, 0.4) is 0 Å². The fourth-order valence-corrected chi connectivity index (χ4v) is 2.10. The predicted octanol–water partition coefficient (Wildman–Crippen LogP) is 2.81. The van der Waals surface area contributed by atoms with Crippen LogP contribution >= 0.6 is 11.3 Å². The Morgan fingerprint density at radius 1 is 1.30 bits per heavy atom. The number of hydrogen-bond acceptors (Lipinski definition) is 5. The average molecular weight is 289 g/mol. The number of hydrazone groups is 1. The van der Waals surface area contributed by atoms with Crippen molar-refractivity contribution < 1.29 is 9.72 Å². The van der Waals surface area contributed by atoms with Gasteiger partial charge in [0.2, 0.25) is 0 Å². The number of nitro benzene ring substituents is 1. The standard InChI is InChI=1S/C13H11N3O3S/c1-9(10-4-6-11(7-5-10)16(18)19)14-15-13(17)12-3-2-8-20-12/h2-8H,1H3,(H,15,17)/b14-9-. The van der Waals surface area contributed by atoms with Crippen molar-refractivity contribution in [3.05, 3.63) is 62.3 Å². The van der Waals surface area contributed by atoms with E-state index in [0.717, 1.165) is 0 Å². The molecule has 0 aliphatic heterocycles. The Balaban J connectivity index is 2.06. The third-order valence-corrected chi connectivity index (χ3v) is 3.43. The van der Waals surface area contributed by atoms with Gasteiger partial charge in [0.15, 0.2) is 0 Å². The summed E-state index contributed by atoms with van der Waals surface area (Å²) in [5.74, 6) is -0.277. The summed E-state index contributed by atoms with van der Waals surface area (Å²) in [6.45, 7) is 1.72. The van der Waals surface area contributed by atoms with E-state index >= 15 is 0 Å². The Hall–Kier alpha value is -2.54. The summed E-state index contributed by atoms with van der Waals surface area (Å²) in [6.07, 6.45) is 0. The van der Waals surface area contributed by atoms with E-state index in [1.807, 2.05) is 5.38 Å². The summed E-state index contributed by atoms with van der Waals surface area (Å²) in [7, 11) is 0. The number of rotatable bonds is 4. The summed E-state index contributed by atoms with van der Waals surface area (Å²) in [4.78, 5) is 22.3. The van der Waals surface area contributed by atoms with Gasteiger partial charge in [-0.05, 0) is 36.1 Å². The molecule has 0 atom stereocenters. The van der Waals surface area contributed by atoms with Crippen LogP contribution in [0.4, 0.5) is 5.69 Å². The highest BCUT2D eigenvalue weighted by molar-refractivity contribution is 7.12. The van der Waals surface area contributed by atoms with Gasteiger partial charge in [-0.25, -0.2) is 5.43 Å². The van der Waals surface area contributed by atoms with E-state index in [1.165, 1.54) is 23.5 Å². The Bertz CT molecular complexity index is 648. The molecule has 2 rings (SSSR count). The van der Waals surface area contributed by atoms with Crippen LogP contribution in [-0.2, 0) is 0 Å². The molecule has 102 valence electrons. The topological polar surface area (TPSA) is 84.6 Å². The Labute approximate surface area is 118 Å². The lowest BCUT2D eigenvalue weighted by molar-refractivity contribution is -0.384. The molecule has 0 spiro atoms. The number of carbonyl (C=O) groups excluding carboxylic acids is 1. The van der Waals surface area contributed by atoms with Crippen LogP contribution in [0.25, 0.3) is 0 Å². The summed E-state index contributed by atoms with van der Waals surface area (Å²) >= 11 is 1.33. The van der Waals surface area contributed by atoms with Gasteiger partial charge in [-0.15, -0.1) is 11.3 Å². The largest absolute Gasteiger partial charge is 0.281 e. The van der Waals surface area contributed by atoms with Crippen molar-refractivity contribution >= 4 is 28.6 Å². The molecular formula is C13H11N3O3S. The number of nitrogens with one attached hydrogen (secondary N) is 1. The Morgan fingerprint density at radius 3 is 2.55 bits per heavy atom. The van der Waals surface area contributed by atoms with Gasteiger partial charge >= 0.3 is 0 Å². The first-order valence-corrected chi connectivity index (χ1v) is 6.59. The lowest BCUT2D eigenvalue weighted by Crippen LogP contribution is -2.18. The summed E-state index contributed by atoms with van der Waals surface area (Å²) in [5.41, 5.74) is 3.75. The smallest absolute Gasteiger partial charge is 0.266 e. The highest BCUT2D eigenvalue weighted by atomic mass is 32.1. The van der Waals surface area contributed by atoms with Crippen LogP contribution < -0.4 is 5.43 Å². The van der Waals surface area contributed by atoms with Crippen LogP contribution in [0.2, 0.25) is 0 Å². The quantitative estimate of drug-likeness (QED) is 0.533. The van der Waals surface area contributed by atoms with Gasteiger partial charge in [0, 0.05) is 12.1 Å². The Kier molecular flexibility index (Phi) is 4.21. The molecule has 0 saturated carbocycles. The minimum atomic E-state index is -0.463. The molecule has 0 aliphatic carbocycles. The molecule has 7 heteroatoms. The molecule has 0 unspecified atom stereocenters. The molecule has 2 aromatic rings. The molecule has 1 aromatic carbocycles. The van der Waals surface area contributed by atoms with Crippen LogP contribution in [0.5, 0.6) is 0 Å². The molecule has 0 saturated heterocycles. The van der Waals surface area contributed by atoms with Crippen molar-refractivity contribution in [2.75, 3.05) is 0 Å². The molecule has 0 aliphatic rings. The molecule has 1 aromatic heterocycles. The number of non-ortho nitro benzene ring substituents is 1. The highest BCUT2D eigenvalue weighted by Gasteiger charge is 2.07. The van der Waals surface area contributed by atoms with E-state index in [4.69, 9.17) is 0 Å². The fraction of sp³-hybridized carbons (Fsp3) is 0.0769. The number of hydrogen-bond donors (Lipinski definition) is 1. The third kappa shape index (κ3) is 3.27. The molecule has 6 nitrogen and oxygen atoms in total. The van der Waals surface area contributed by atoms with Gasteiger partial charge in [0.25, 0.3) is 11.6 Å². The molecule has 0 bridgehead atoms. The number of amides is 1. The summed E-state index contributed by atoms with van der Waals surface area (Å²) in [5, 5.41) is 16.3. The molecule has 1 heterocycles. The SMILES string of the molecule is C/C(=N/NC(=O)c1cccs1)c1ccc([N+](=O)[O-])cc1. The molecule has 1 amide bonds. The van der Waals surface area contributed by atoms with Crippen LogP contribution in [0.15, 0.2) is 46.9 Å². The van der Waals surface area contributed by atoms with Gasteiger partial charge in [-0.3, -0.25) is 14.9 Å². The lowest BCUT2D eigenvalue weighted by Gasteiger charge is -2.01. The fourth-order valence-electron chi connectivity index (χ4n) is 1.49. The van der Waals surface area contributed by atoms with E-state index < -0.39 is 4.92 Å². The summed E-state index contributed by atoms with van der Waals surface area (Å²) in [6, 6.07) is 9.47. The first-order valence-electron chi connectivity index (χ1n) is 5.71. The molecule has 0 radical (unpaired) electrons. The molecule has 20 heavy (non-hydrogen) atoms. The highest BCUT2D eigenvalue weighted by Crippen LogP contribution is 2.12. The molecule has 0 fully saturated rings. The van der Waals surface area contributed by atoms with Crippen molar-refractivity contribution in [1.29, 1.82) is 0 Å². The minimum absolute atomic E-state index is 0.0178. The first kappa shape index (κ1) is 13.9. The van der Waals surface area contributed by atoms with E-state index in [2.05, 4.69) is 10.5 Å². The molecular weight excluding hydrogens is 278 g/mol. The Morgan fingerprint density at radius 2 is 2.00 bits per heavy atom. The van der Waals surface area contributed by atoms with Gasteiger partial charge in [-0.2, -0.15) is 5.10 Å². The average Bonchev–Trinajstić information content (AvgIpc) is 2.98. The van der Waals surface area contributed by atoms with Crippen molar-refractivity contribution in [2.24, 2.45) is 5.10 Å². The minimum Gasteiger partial charge on any atom is -0.266 e. The maximum atomic E-state index is 11.7. The predicted molar refractivity (Wildman–Crippen MR) is 77.1 cm³/mol. The number of thiophene rings is 1. The number of carbonyl (C=O) groups is 1. The number of nitrogens with zero attached hydrogens (tertiary/aromatic N) is 2. The summed E-state index contributed by atoms with van der Waals surface area (Å²) < 4.78 is 0. The number of nitro groups is 1. The normalized spacial score (nSPS) is 11.2. The van der Waals surface area contributed by atoms with Crippen molar-refractivity contribution in [3.8, 4) is 0 Å². The van der Waals surface area contributed by atoms with E-state index in [0.29, 0.717) is 16.2 Å². The second-order valence-electron chi connectivity index (χ2n) is 3.92. The second kappa shape index (κ2) is 6.07. The lowest BCUT2D eigenvalue weighted by atomic mass is 10.1. The van der Waals surface area contributed by atoms with Gasteiger partial charge in [0.1, 0.15) is 0 Å². The van der Waals surface area contributed by atoms with Gasteiger partial charge in [-0.1, -0.05) is 6.07 Å². The number of benzene rings is 1. The van der Waals surface area contributed by atoms with Gasteiger partial charge < -0.3 is 0 Å². The maximum Gasteiger partial charge on any atom is 0.281 e. The zero-order valence-electron chi connectivity index (χ0n) is 10.6. The zero-order chi connectivity index (χ0) is 14.5. The van der Waals surface area contributed by atoms with Crippen molar-refractivity contribution in [1.82, 2.24) is 5.43 Å². The third-order valence-electron chi connectivity index (χ3n) is 2.57. The van der Waals surface area contributed by atoms with Crippen LogP contribution in [-0.4, -0.2) is 16.5 Å². The van der Waals surface area contributed by atoms with Crippen molar-refractivity contribution in [2.45, 2.75) is 6.92 Å². The van der Waals surface area contributed by atoms with Crippen molar-refractivity contribution in [3.63, 3.8) is 0 Å². The second-order valence-corrected chi connectivity index (χ2v) is 4.87. The molecule has 1 N–H and O–H groups in total. The van der Waals surface area contributed by atoms with E-state index in [1.54, 1.807) is 31.2 Å². The first-order chi connectivity index (χ1) is 9.58. The maximum absolute atomic E-state index is 11.7. The van der Waals surface area contributed by atoms with E-state index in [9.17, 15) is 14.9 Å². The van der Waals surface area contributed by atoms with Crippen LogP contribution in [0, 0.1) is 10.1 Å². The monoisotopic (exact) mass is 289 g/mol. The van der Waals surface area contributed by atoms with E-state index in [-0.39, 0.29) is 11.6 Å².